The summed E-state index contributed by atoms with van der Waals surface area (Å²) in [5.41, 5.74) is 1.05. The summed E-state index contributed by atoms with van der Waals surface area (Å²) in [6.45, 7) is 2.43. The first-order valence-electron chi connectivity index (χ1n) is 10.2. The number of carbonyl (C=O) groups is 1. The number of hydrogen-bond acceptors (Lipinski definition) is 5. The Hall–Kier alpha value is -4.00. The van der Waals surface area contributed by atoms with Gasteiger partial charge in [-0.2, -0.15) is 0 Å². The van der Waals surface area contributed by atoms with E-state index in [9.17, 15) is 9.59 Å². The number of carbonyl (C=O) groups excluding carboxylic acids is 1. The smallest absolute Gasteiger partial charge is 0.270 e. The Bertz CT molecular complexity index is 1290. The molecule has 1 aliphatic rings. The number of H-pyrrole nitrogens is 1. The Balaban J connectivity index is 1.31. The molecule has 1 aliphatic heterocycles. The molecule has 0 saturated carbocycles. The summed E-state index contributed by atoms with van der Waals surface area (Å²) in [4.78, 5) is 41.1. The van der Waals surface area contributed by atoms with Crippen molar-refractivity contribution >= 4 is 22.5 Å². The molecule has 5 rings (SSSR count). The van der Waals surface area contributed by atoms with Crippen molar-refractivity contribution in [1.82, 2.24) is 19.9 Å². The summed E-state index contributed by atoms with van der Waals surface area (Å²) >= 11 is 0. The Kier molecular flexibility index (Phi) is 4.92. The van der Waals surface area contributed by atoms with Crippen molar-refractivity contribution in [3.8, 4) is 11.4 Å². The Labute approximate surface area is 179 Å². The van der Waals surface area contributed by atoms with Gasteiger partial charge < -0.3 is 14.8 Å². The van der Waals surface area contributed by atoms with E-state index >= 15 is 0 Å². The molecule has 0 aliphatic carbocycles. The summed E-state index contributed by atoms with van der Waals surface area (Å²) in [6.07, 6.45) is 1.77. The maximum Gasteiger partial charge on any atom is 0.270 e. The van der Waals surface area contributed by atoms with Crippen molar-refractivity contribution in [2.75, 3.05) is 31.1 Å². The Morgan fingerprint density at radius 2 is 1.65 bits per heavy atom. The van der Waals surface area contributed by atoms with Crippen molar-refractivity contribution in [3.05, 3.63) is 89.0 Å². The van der Waals surface area contributed by atoms with Crippen LogP contribution in [0.3, 0.4) is 0 Å². The lowest BCUT2D eigenvalue weighted by molar-refractivity contribution is 0.0740. The first kappa shape index (κ1) is 19.0. The number of fused-ring (bicyclic) bond motifs is 1. The predicted molar refractivity (Wildman–Crippen MR) is 120 cm³/mol. The fourth-order valence-corrected chi connectivity index (χ4v) is 3.89. The topological polar surface area (TPSA) is 82.2 Å². The van der Waals surface area contributed by atoms with Gasteiger partial charge in [-0.3, -0.25) is 9.59 Å². The van der Waals surface area contributed by atoms with Crippen LogP contribution in [-0.2, 0) is 0 Å². The summed E-state index contributed by atoms with van der Waals surface area (Å²) in [5.74, 6) is 1.38. The van der Waals surface area contributed by atoms with Crippen LogP contribution < -0.4 is 10.5 Å². The molecule has 31 heavy (non-hydrogen) atoms. The summed E-state index contributed by atoms with van der Waals surface area (Å²) < 4.78 is 0. The highest BCUT2D eigenvalue weighted by Crippen LogP contribution is 2.20. The maximum absolute atomic E-state index is 13.0. The number of amides is 1. The van der Waals surface area contributed by atoms with Gasteiger partial charge in [0.25, 0.3) is 11.5 Å². The zero-order chi connectivity index (χ0) is 21.2. The molecule has 1 fully saturated rings. The third kappa shape index (κ3) is 3.77. The monoisotopic (exact) mass is 411 g/mol. The Morgan fingerprint density at radius 3 is 2.45 bits per heavy atom. The van der Waals surface area contributed by atoms with E-state index in [1.54, 1.807) is 23.2 Å². The van der Waals surface area contributed by atoms with E-state index in [1.165, 1.54) is 0 Å². The van der Waals surface area contributed by atoms with Crippen LogP contribution in [0.1, 0.15) is 10.5 Å². The number of rotatable bonds is 3. The number of anilines is 1. The second-order valence-electron chi connectivity index (χ2n) is 7.48. The number of nitrogens with zero attached hydrogens (tertiary/aromatic N) is 4. The quantitative estimate of drug-likeness (QED) is 0.561. The molecule has 4 aromatic rings. The normalized spacial score (nSPS) is 14.1. The number of aromatic amines is 1. The molecule has 7 nitrogen and oxygen atoms in total. The average molecular weight is 411 g/mol. The van der Waals surface area contributed by atoms with E-state index in [4.69, 9.17) is 4.98 Å². The number of aromatic nitrogens is 3. The van der Waals surface area contributed by atoms with E-state index in [2.05, 4.69) is 14.9 Å². The average Bonchev–Trinajstić information content (AvgIpc) is 2.84. The van der Waals surface area contributed by atoms with Crippen LogP contribution >= 0.6 is 0 Å². The van der Waals surface area contributed by atoms with Crippen molar-refractivity contribution in [1.29, 1.82) is 0 Å². The second kappa shape index (κ2) is 8.02. The van der Waals surface area contributed by atoms with Crippen molar-refractivity contribution in [2.45, 2.75) is 0 Å². The van der Waals surface area contributed by atoms with Gasteiger partial charge in [-0.25, -0.2) is 9.97 Å². The Morgan fingerprint density at radius 1 is 0.903 bits per heavy atom. The molecular weight excluding hydrogens is 390 g/mol. The van der Waals surface area contributed by atoms with Crippen LogP contribution in [0.25, 0.3) is 22.2 Å². The molecule has 2 aromatic heterocycles. The lowest BCUT2D eigenvalue weighted by Crippen LogP contribution is -2.49. The minimum absolute atomic E-state index is 0.157. The van der Waals surface area contributed by atoms with Gasteiger partial charge in [0.05, 0.1) is 0 Å². The summed E-state index contributed by atoms with van der Waals surface area (Å²) in [6, 6.07) is 20.8. The van der Waals surface area contributed by atoms with Gasteiger partial charge in [0.2, 0.25) is 0 Å². The van der Waals surface area contributed by atoms with Crippen LogP contribution in [0, 0.1) is 0 Å². The van der Waals surface area contributed by atoms with Crippen molar-refractivity contribution in [2.24, 2.45) is 0 Å². The minimum atomic E-state index is -0.241. The maximum atomic E-state index is 13.0. The van der Waals surface area contributed by atoms with Gasteiger partial charge >= 0.3 is 0 Å². The second-order valence-corrected chi connectivity index (χ2v) is 7.48. The first-order valence-corrected chi connectivity index (χ1v) is 10.2. The van der Waals surface area contributed by atoms with Gasteiger partial charge in [-0.1, -0.05) is 48.5 Å². The van der Waals surface area contributed by atoms with Gasteiger partial charge in [0, 0.05) is 43.3 Å². The van der Waals surface area contributed by atoms with E-state index in [0.717, 1.165) is 16.8 Å². The van der Waals surface area contributed by atoms with Crippen LogP contribution in [0.5, 0.6) is 0 Å². The number of piperazine rings is 1. The molecule has 2 aromatic carbocycles. The molecule has 0 atom stereocenters. The lowest BCUT2D eigenvalue weighted by Gasteiger charge is -2.35. The molecule has 0 unspecified atom stereocenters. The zero-order valence-corrected chi connectivity index (χ0v) is 16.9. The predicted octanol–water partition coefficient (Wildman–Crippen LogP) is 2.95. The first-order chi connectivity index (χ1) is 15.2. The third-order valence-electron chi connectivity index (χ3n) is 5.55. The van der Waals surface area contributed by atoms with E-state index in [-0.39, 0.29) is 11.5 Å². The number of nitrogens with one attached hydrogen (secondary N) is 1. The number of hydrogen-bond donors (Lipinski definition) is 1. The van der Waals surface area contributed by atoms with Crippen LogP contribution in [0.15, 0.2) is 77.7 Å². The van der Waals surface area contributed by atoms with E-state index in [0.29, 0.717) is 43.1 Å². The summed E-state index contributed by atoms with van der Waals surface area (Å²) in [7, 11) is 0. The van der Waals surface area contributed by atoms with Gasteiger partial charge in [-0.15, -0.1) is 0 Å². The third-order valence-corrected chi connectivity index (χ3v) is 5.55. The largest absolute Gasteiger partial charge is 0.353 e. The molecule has 7 heteroatoms. The van der Waals surface area contributed by atoms with Crippen LogP contribution in [0.2, 0.25) is 0 Å². The molecule has 1 N–H and O–H groups in total. The fourth-order valence-electron chi connectivity index (χ4n) is 3.89. The van der Waals surface area contributed by atoms with Crippen LogP contribution in [0.4, 0.5) is 5.82 Å². The molecule has 3 heterocycles. The molecule has 0 spiro atoms. The highest BCUT2D eigenvalue weighted by molar-refractivity contribution is 5.96. The van der Waals surface area contributed by atoms with Gasteiger partial charge in [0.15, 0.2) is 5.82 Å². The van der Waals surface area contributed by atoms with Crippen molar-refractivity contribution in [3.63, 3.8) is 0 Å². The van der Waals surface area contributed by atoms with E-state index < -0.39 is 0 Å². The fraction of sp³-hybridized carbons (Fsp3) is 0.167. The molecular formula is C24H21N5O2. The number of benzene rings is 2. The molecule has 1 saturated heterocycles. The molecule has 0 radical (unpaired) electrons. The van der Waals surface area contributed by atoms with Gasteiger partial charge in [-0.05, 0) is 23.6 Å². The van der Waals surface area contributed by atoms with Crippen LogP contribution in [-0.4, -0.2) is 51.9 Å². The van der Waals surface area contributed by atoms with Crippen molar-refractivity contribution < 1.29 is 4.79 Å². The minimum Gasteiger partial charge on any atom is -0.353 e. The summed E-state index contributed by atoms with van der Waals surface area (Å²) in [5, 5.41) is 1.35. The highest BCUT2D eigenvalue weighted by atomic mass is 16.2. The number of pyridine rings is 1. The SMILES string of the molecule is O=C(c1cc2ccccc2c(=O)[nH]1)N1CCN(c2ccnc(-c3ccccc3)n2)CC1. The molecule has 0 bridgehead atoms. The zero-order valence-electron chi connectivity index (χ0n) is 16.9. The molecule has 1 amide bonds. The highest BCUT2D eigenvalue weighted by Gasteiger charge is 2.24. The lowest BCUT2D eigenvalue weighted by atomic mass is 10.1. The molecule has 154 valence electrons. The standard InChI is InChI=1S/C24H21N5O2/c30-23-19-9-5-4-8-18(19)16-20(26-23)24(31)29-14-12-28(13-15-29)21-10-11-25-22(27-21)17-6-2-1-3-7-17/h1-11,16H,12-15H2,(H,26,30). The van der Waals surface area contributed by atoms with E-state index in [1.807, 2.05) is 54.6 Å². The van der Waals surface area contributed by atoms with Gasteiger partial charge in [0.1, 0.15) is 11.5 Å².